The van der Waals surface area contributed by atoms with Crippen molar-refractivity contribution in [3.63, 3.8) is 0 Å². The van der Waals surface area contributed by atoms with Crippen molar-refractivity contribution in [3.05, 3.63) is 83.1 Å². The van der Waals surface area contributed by atoms with Gasteiger partial charge >= 0.3 is 0 Å². The molecule has 0 aromatic heterocycles. The lowest BCUT2D eigenvalue weighted by molar-refractivity contribution is 0.600. The molecule has 1 fully saturated rings. The van der Waals surface area contributed by atoms with Crippen LogP contribution in [0, 0.1) is 0 Å². The second kappa shape index (κ2) is 6.41. The van der Waals surface area contributed by atoms with Crippen molar-refractivity contribution >= 4 is 5.57 Å². The van der Waals surface area contributed by atoms with Crippen LogP contribution in [0.25, 0.3) is 5.57 Å². The molecular weight excluding hydrogens is 240 g/mol. The van der Waals surface area contributed by atoms with Gasteiger partial charge in [0.2, 0.25) is 0 Å². The first-order valence-corrected chi connectivity index (χ1v) is 7.53. The lowest BCUT2D eigenvalue weighted by Crippen LogP contribution is -1.93. The quantitative estimate of drug-likeness (QED) is 0.616. The molecular formula is C20H20. The summed E-state index contributed by atoms with van der Waals surface area (Å²) in [6.45, 7) is 0. The highest BCUT2D eigenvalue weighted by molar-refractivity contribution is 5.79. The molecule has 0 saturated heterocycles. The van der Waals surface area contributed by atoms with Gasteiger partial charge in [0.25, 0.3) is 0 Å². The molecule has 0 aliphatic heterocycles. The summed E-state index contributed by atoms with van der Waals surface area (Å²) in [5.74, 6) is 0. The summed E-state index contributed by atoms with van der Waals surface area (Å²) in [6.07, 6.45) is 6.43. The van der Waals surface area contributed by atoms with Gasteiger partial charge in [0.15, 0.2) is 0 Å². The molecule has 2 aromatic carbocycles. The Balaban J connectivity index is 2.11. The van der Waals surface area contributed by atoms with Crippen molar-refractivity contribution in [2.24, 2.45) is 0 Å². The molecule has 0 unspecified atom stereocenters. The Kier molecular flexibility index (Phi) is 4.16. The van der Waals surface area contributed by atoms with Crippen LogP contribution in [0.15, 0.2) is 72.0 Å². The van der Waals surface area contributed by atoms with Crippen molar-refractivity contribution in [2.45, 2.75) is 32.1 Å². The van der Waals surface area contributed by atoms with Crippen LogP contribution in [-0.2, 0) is 0 Å². The highest BCUT2D eigenvalue weighted by Gasteiger charge is 2.07. The van der Waals surface area contributed by atoms with Crippen molar-refractivity contribution in [1.29, 1.82) is 0 Å². The van der Waals surface area contributed by atoms with Gasteiger partial charge in [0.1, 0.15) is 0 Å². The molecule has 0 heterocycles. The summed E-state index contributed by atoms with van der Waals surface area (Å²) in [5.41, 5.74) is 8.97. The van der Waals surface area contributed by atoms with Gasteiger partial charge in [-0.25, -0.2) is 0 Å². The lowest BCUT2D eigenvalue weighted by atomic mass is 9.92. The largest absolute Gasteiger partial charge is 0.113 e. The molecule has 3 rings (SSSR count). The summed E-state index contributed by atoms with van der Waals surface area (Å²) in [4.78, 5) is 0. The predicted octanol–water partition coefficient (Wildman–Crippen LogP) is 5.61. The van der Waals surface area contributed by atoms with Crippen molar-refractivity contribution in [3.8, 4) is 0 Å². The normalized spacial score (nSPS) is 14.7. The van der Waals surface area contributed by atoms with Crippen LogP contribution in [0.2, 0.25) is 0 Å². The van der Waals surface area contributed by atoms with Gasteiger partial charge in [0.05, 0.1) is 0 Å². The molecule has 100 valence electrons. The molecule has 0 nitrogen and oxygen atoms in total. The fraction of sp³-hybridized carbons (Fsp3) is 0.250. The Morgan fingerprint density at radius 1 is 0.650 bits per heavy atom. The summed E-state index contributed by atoms with van der Waals surface area (Å²) < 4.78 is 0. The SMILES string of the molecule is C(=C1CCCCC1)=C(c1ccccc1)c1ccccc1. The first kappa shape index (κ1) is 13.0. The molecule has 1 saturated carbocycles. The van der Waals surface area contributed by atoms with E-state index in [4.69, 9.17) is 0 Å². The van der Waals surface area contributed by atoms with E-state index in [1.807, 2.05) is 0 Å². The standard InChI is InChI=1S/C20H20/c1-4-10-17(11-5-1)16-20(18-12-6-2-7-13-18)19-14-8-3-9-15-19/h2-3,6-9,12-15H,1,4-5,10-11H2. The smallest absolute Gasteiger partial charge is 0.0309 e. The van der Waals surface area contributed by atoms with Crippen molar-refractivity contribution in [2.75, 3.05) is 0 Å². The average molecular weight is 260 g/mol. The van der Waals surface area contributed by atoms with Crippen LogP contribution in [-0.4, -0.2) is 0 Å². The van der Waals surface area contributed by atoms with Gasteiger partial charge in [-0.2, -0.15) is 0 Å². The fourth-order valence-corrected chi connectivity index (χ4v) is 2.80. The molecule has 0 radical (unpaired) electrons. The fourth-order valence-electron chi connectivity index (χ4n) is 2.80. The van der Waals surface area contributed by atoms with Crippen LogP contribution >= 0.6 is 0 Å². The first-order chi connectivity index (χ1) is 9.93. The average Bonchev–Trinajstić information content (AvgIpc) is 2.55. The molecule has 1 aliphatic carbocycles. The number of hydrogen-bond donors (Lipinski definition) is 0. The monoisotopic (exact) mass is 260 g/mol. The van der Waals surface area contributed by atoms with Crippen LogP contribution in [0.5, 0.6) is 0 Å². The van der Waals surface area contributed by atoms with Crippen molar-refractivity contribution in [1.82, 2.24) is 0 Å². The number of allylic oxidation sites excluding steroid dienone is 1. The first-order valence-electron chi connectivity index (χ1n) is 7.53. The second-order valence-corrected chi connectivity index (χ2v) is 5.40. The zero-order valence-electron chi connectivity index (χ0n) is 11.8. The van der Waals surface area contributed by atoms with E-state index in [1.165, 1.54) is 54.4 Å². The lowest BCUT2D eigenvalue weighted by Gasteiger charge is -2.12. The number of benzene rings is 2. The van der Waals surface area contributed by atoms with E-state index >= 15 is 0 Å². The minimum atomic E-state index is 1.21. The minimum Gasteiger partial charge on any atom is -0.113 e. The third-order valence-electron chi connectivity index (χ3n) is 3.88. The minimum absolute atomic E-state index is 1.21. The molecule has 0 spiro atoms. The zero-order chi connectivity index (χ0) is 13.6. The summed E-state index contributed by atoms with van der Waals surface area (Å²) in [5, 5.41) is 0. The third kappa shape index (κ3) is 3.10. The van der Waals surface area contributed by atoms with Gasteiger partial charge in [-0.3, -0.25) is 0 Å². The molecule has 2 aromatic rings. The molecule has 0 heteroatoms. The maximum Gasteiger partial charge on any atom is 0.0309 e. The summed E-state index contributed by atoms with van der Waals surface area (Å²) >= 11 is 0. The van der Waals surface area contributed by atoms with Crippen LogP contribution in [0.3, 0.4) is 0 Å². The van der Waals surface area contributed by atoms with Gasteiger partial charge in [-0.15, -0.1) is 5.73 Å². The molecule has 0 bridgehead atoms. The van der Waals surface area contributed by atoms with Gasteiger partial charge < -0.3 is 0 Å². The highest BCUT2D eigenvalue weighted by Crippen LogP contribution is 2.27. The predicted molar refractivity (Wildman–Crippen MR) is 85.5 cm³/mol. The third-order valence-corrected chi connectivity index (χ3v) is 3.88. The topological polar surface area (TPSA) is 0 Å². The van der Waals surface area contributed by atoms with Gasteiger partial charge in [0, 0.05) is 5.57 Å². The molecule has 0 amide bonds. The van der Waals surface area contributed by atoms with E-state index in [1.54, 1.807) is 0 Å². The van der Waals surface area contributed by atoms with E-state index in [0.717, 1.165) is 0 Å². The maximum atomic E-state index is 3.72. The van der Waals surface area contributed by atoms with Crippen molar-refractivity contribution < 1.29 is 0 Å². The molecule has 0 N–H and O–H groups in total. The van der Waals surface area contributed by atoms with E-state index in [9.17, 15) is 0 Å². The Labute approximate surface area is 121 Å². The van der Waals surface area contributed by atoms with Gasteiger partial charge in [-0.1, -0.05) is 67.1 Å². The van der Waals surface area contributed by atoms with Crippen LogP contribution < -0.4 is 0 Å². The summed E-state index contributed by atoms with van der Waals surface area (Å²) in [7, 11) is 0. The molecule has 20 heavy (non-hydrogen) atoms. The Morgan fingerprint density at radius 2 is 1.15 bits per heavy atom. The Morgan fingerprint density at radius 3 is 1.65 bits per heavy atom. The van der Waals surface area contributed by atoms with E-state index in [2.05, 4.69) is 66.4 Å². The van der Waals surface area contributed by atoms with Crippen LogP contribution in [0.4, 0.5) is 0 Å². The van der Waals surface area contributed by atoms with Crippen LogP contribution in [0.1, 0.15) is 43.2 Å². The zero-order valence-corrected chi connectivity index (χ0v) is 11.8. The summed E-state index contributed by atoms with van der Waals surface area (Å²) in [6, 6.07) is 21.3. The Bertz CT molecular complexity index is 564. The number of hydrogen-bond acceptors (Lipinski definition) is 0. The molecule has 1 aliphatic rings. The van der Waals surface area contributed by atoms with E-state index < -0.39 is 0 Å². The maximum absolute atomic E-state index is 3.72. The number of rotatable bonds is 2. The van der Waals surface area contributed by atoms with Gasteiger partial charge in [-0.05, 0) is 42.4 Å². The highest BCUT2D eigenvalue weighted by atomic mass is 14.1. The second-order valence-electron chi connectivity index (χ2n) is 5.40. The Hall–Kier alpha value is -2.04. The van der Waals surface area contributed by atoms with E-state index in [-0.39, 0.29) is 0 Å². The van der Waals surface area contributed by atoms with E-state index in [0.29, 0.717) is 0 Å². The molecule has 0 atom stereocenters.